The van der Waals surface area contributed by atoms with Gasteiger partial charge in [0.2, 0.25) is 0 Å². The van der Waals surface area contributed by atoms with Crippen molar-refractivity contribution in [3.05, 3.63) is 255 Å². The monoisotopic (exact) mass is 838 g/mol. The summed E-state index contributed by atoms with van der Waals surface area (Å²) < 4.78 is 2.47. The van der Waals surface area contributed by atoms with Gasteiger partial charge in [-0.2, -0.15) is 0 Å². The van der Waals surface area contributed by atoms with Gasteiger partial charge in [-0.25, -0.2) is 0 Å². The average Bonchev–Trinajstić information content (AvgIpc) is 3.72. The molecule has 0 aliphatic rings. The van der Waals surface area contributed by atoms with E-state index in [4.69, 9.17) is 0 Å². The zero-order valence-corrected chi connectivity index (χ0v) is 36.1. The molecule has 0 N–H and O–H groups in total. The van der Waals surface area contributed by atoms with Crippen LogP contribution in [0.4, 0.5) is 17.1 Å². The number of rotatable bonds is 7. The number of fused-ring (bicyclic) bond motifs is 8. The first-order valence-electron chi connectivity index (χ1n) is 22.8. The third-order valence-corrected chi connectivity index (χ3v) is 13.5. The van der Waals surface area contributed by atoms with Gasteiger partial charge >= 0.3 is 0 Å². The Morgan fingerprint density at radius 2 is 0.742 bits per heavy atom. The second kappa shape index (κ2) is 15.5. The number of anilines is 3. The number of hydrogen-bond donors (Lipinski definition) is 0. The molecule has 0 aliphatic heterocycles. The van der Waals surface area contributed by atoms with Gasteiger partial charge in [0, 0.05) is 33.2 Å². The summed E-state index contributed by atoms with van der Waals surface area (Å²) in [6, 6.07) is 93.5. The second-order valence-electron chi connectivity index (χ2n) is 17.2. The van der Waals surface area contributed by atoms with Gasteiger partial charge in [0.05, 0.1) is 16.7 Å². The maximum Gasteiger partial charge on any atom is 0.0562 e. The average molecular weight is 839 g/mol. The fourth-order valence-electron chi connectivity index (χ4n) is 10.6. The van der Waals surface area contributed by atoms with Gasteiger partial charge in [0.1, 0.15) is 0 Å². The Hall–Kier alpha value is -8.72. The smallest absolute Gasteiger partial charge is 0.0562 e. The largest absolute Gasteiger partial charge is 0.310 e. The molecule has 12 aromatic carbocycles. The first-order valence-corrected chi connectivity index (χ1v) is 22.8. The van der Waals surface area contributed by atoms with E-state index in [-0.39, 0.29) is 0 Å². The molecule has 2 heteroatoms. The van der Waals surface area contributed by atoms with Crippen LogP contribution < -0.4 is 4.90 Å². The van der Waals surface area contributed by atoms with E-state index in [0.29, 0.717) is 0 Å². The van der Waals surface area contributed by atoms with Crippen molar-refractivity contribution in [1.82, 2.24) is 4.57 Å². The van der Waals surface area contributed by atoms with Crippen LogP contribution in [0.2, 0.25) is 0 Å². The van der Waals surface area contributed by atoms with Crippen molar-refractivity contribution in [2.24, 2.45) is 0 Å². The zero-order valence-electron chi connectivity index (χ0n) is 36.1. The SMILES string of the molecule is c1ccc(-c2c(-c3ccccc3)c3cc(N(c4cccc(-c5cccc6ccccc56)c4)c4ccc5c6ccccc6n(-c6cccc7ccccc67)c5c4)ccc3c3ccccc23)cc1. The quantitative estimate of drug-likeness (QED) is 0.145. The first-order chi connectivity index (χ1) is 32.8. The van der Waals surface area contributed by atoms with Crippen LogP contribution in [0.3, 0.4) is 0 Å². The predicted molar refractivity (Wildman–Crippen MR) is 282 cm³/mol. The van der Waals surface area contributed by atoms with E-state index in [1.165, 1.54) is 98.4 Å². The Labute approximate surface area is 383 Å². The fraction of sp³-hybridized carbons (Fsp3) is 0. The van der Waals surface area contributed by atoms with Crippen molar-refractivity contribution in [2.75, 3.05) is 4.90 Å². The van der Waals surface area contributed by atoms with Crippen LogP contribution in [0.15, 0.2) is 255 Å². The minimum atomic E-state index is 1.08. The van der Waals surface area contributed by atoms with E-state index in [1.807, 2.05) is 0 Å². The van der Waals surface area contributed by atoms with Crippen LogP contribution in [-0.4, -0.2) is 4.57 Å². The molecule has 2 nitrogen and oxygen atoms in total. The van der Waals surface area contributed by atoms with E-state index in [2.05, 4.69) is 264 Å². The van der Waals surface area contributed by atoms with Crippen LogP contribution >= 0.6 is 0 Å². The summed E-state index contributed by atoms with van der Waals surface area (Å²) in [7, 11) is 0. The zero-order chi connectivity index (χ0) is 43.6. The summed E-state index contributed by atoms with van der Waals surface area (Å²) >= 11 is 0. The molecule has 0 amide bonds. The minimum absolute atomic E-state index is 1.08. The molecule has 0 saturated carbocycles. The summed E-state index contributed by atoms with van der Waals surface area (Å²) in [6.45, 7) is 0. The molecule has 1 aromatic heterocycles. The lowest BCUT2D eigenvalue weighted by Crippen LogP contribution is -2.10. The Bertz CT molecular complexity index is 3980. The molecule has 13 aromatic rings. The first kappa shape index (κ1) is 37.8. The summed E-state index contributed by atoms with van der Waals surface area (Å²) in [4.78, 5) is 2.46. The highest BCUT2D eigenvalue weighted by Crippen LogP contribution is 2.48. The van der Waals surface area contributed by atoms with E-state index in [1.54, 1.807) is 0 Å². The summed E-state index contributed by atoms with van der Waals surface area (Å²) in [6.07, 6.45) is 0. The highest BCUT2D eigenvalue weighted by molar-refractivity contribution is 6.22. The van der Waals surface area contributed by atoms with E-state index in [0.717, 1.165) is 22.6 Å². The maximum absolute atomic E-state index is 2.47. The molecule has 13 rings (SSSR count). The summed E-state index contributed by atoms with van der Waals surface area (Å²) in [5, 5.41) is 12.3. The molecule has 0 saturated heterocycles. The maximum atomic E-state index is 2.47. The Morgan fingerprint density at radius 3 is 1.50 bits per heavy atom. The molecule has 0 radical (unpaired) electrons. The molecule has 1 heterocycles. The third kappa shape index (κ3) is 6.11. The van der Waals surface area contributed by atoms with Gasteiger partial charge in [0.25, 0.3) is 0 Å². The van der Waals surface area contributed by atoms with Crippen LogP contribution in [-0.2, 0) is 0 Å². The van der Waals surface area contributed by atoms with Gasteiger partial charge in [-0.15, -0.1) is 0 Å². The van der Waals surface area contributed by atoms with Crippen molar-refractivity contribution in [1.29, 1.82) is 0 Å². The second-order valence-corrected chi connectivity index (χ2v) is 17.2. The number of hydrogen-bond acceptors (Lipinski definition) is 1. The molecule has 308 valence electrons. The van der Waals surface area contributed by atoms with Gasteiger partial charge < -0.3 is 9.47 Å². The summed E-state index contributed by atoms with van der Waals surface area (Å²) in [5.74, 6) is 0. The van der Waals surface area contributed by atoms with Crippen molar-refractivity contribution in [2.45, 2.75) is 0 Å². The van der Waals surface area contributed by atoms with Crippen LogP contribution in [0.1, 0.15) is 0 Å². The standard InChI is InChI=1S/C64H42N2/c1-3-20-45(21-4-1)63-58-32-12-11-30-54(58)55-38-36-49(41-59(55)64(63)46-22-5-2-6-23-46)65(48-27-15-26-47(40-48)52-33-16-24-43-18-7-9-28-51(43)52)50-37-39-57-56-31-13-14-34-61(56)66(62(57)42-50)60-35-17-25-44-19-8-10-29-53(44)60/h1-42H. The lowest BCUT2D eigenvalue weighted by Gasteiger charge is -2.28. The number of para-hydroxylation sites is 1. The molecule has 0 bridgehead atoms. The Kier molecular flexibility index (Phi) is 8.89. The molecule has 0 atom stereocenters. The van der Waals surface area contributed by atoms with Crippen LogP contribution in [0, 0.1) is 0 Å². The highest BCUT2D eigenvalue weighted by atomic mass is 15.1. The summed E-state index contributed by atoms with van der Waals surface area (Å²) in [5.41, 5.74) is 14.0. The molecular weight excluding hydrogens is 797 g/mol. The lowest BCUT2D eigenvalue weighted by molar-refractivity contribution is 1.19. The number of benzene rings is 12. The van der Waals surface area contributed by atoms with Crippen LogP contribution in [0.25, 0.3) is 104 Å². The van der Waals surface area contributed by atoms with Gasteiger partial charge in [-0.3, -0.25) is 0 Å². The molecule has 0 spiro atoms. The third-order valence-electron chi connectivity index (χ3n) is 13.5. The van der Waals surface area contributed by atoms with Gasteiger partial charge in [-0.05, 0) is 120 Å². The van der Waals surface area contributed by atoms with Crippen molar-refractivity contribution >= 4 is 82.0 Å². The van der Waals surface area contributed by atoms with Gasteiger partial charge in [0.15, 0.2) is 0 Å². The van der Waals surface area contributed by atoms with Crippen molar-refractivity contribution < 1.29 is 0 Å². The molecule has 66 heavy (non-hydrogen) atoms. The predicted octanol–water partition coefficient (Wildman–Crippen LogP) is 17.9. The minimum Gasteiger partial charge on any atom is -0.310 e. The van der Waals surface area contributed by atoms with E-state index in [9.17, 15) is 0 Å². The Morgan fingerprint density at radius 1 is 0.258 bits per heavy atom. The van der Waals surface area contributed by atoms with Crippen molar-refractivity contribution in [3.63, 3.8) is 0 Å². The molecule has 0 fully saturated rings. The molecular formula is C64H42N2. The van der Waals surface area contributed by atoms with E-state index < -0.39 is 0 Å². The molecule has 0 aliphatic carbocycles. The topological polar surface area (TPSA) is 8.17 Å². The Balaban J connectivity index is 1.12. The van der Waals surface area contributed by atoms with Crippen molar-refractivity contribution in [3.8, 4) is 39.1 Å². The fourth-order valence-corrected chi connectivity index (χ4v) is 10.6. The van der Waals surface area contributed by atoms with E-state index >= 15 is 0 Å². The lowest BCUT2D eigenvalue weighted by atomic mass is 9.85. The normalized spacial score (nSPS) is 11.6. The highest BCUT2D eigenvalue weighted by Gasteiger charge is 2.22. The molecule has 0 unspecified atom stereocenters. The van der Waals surface area contributed by atoms with Crippen LogP contribution in [0.5, 0.6) is 0 Å². The number of aromatic nitrogens is 1. The number of nitrogens with zero attached hydrogens (tertiary/aromatic N) is 2. The van der Waals surface area contributed by atoms with Gasteiger partial charge in [-0.1, -0.05) is 206 Å².